The Morgan fingerprint density at radius 2 is 2.00 bits per heavy atom. The predicted molar refractivity (Wildman–Crippen MR) is 110 cm³/mol. The number of rotatable bonds is 6. The lowest BCUT2D eigenvalue weighted by molar-refractivity contribution is 0.111. The van der Waals surface area contributed by atoms with Gasteiger partial charge in [-0.05, 0) is 50.2 Å². The Balaban J connectivity index is 1.66. The summed E-state index contributed by atoms with van der Waals surface area (Å²) < 4.78 is 11.6. The number of methoxy groups -OCH3 is 1. The quantitative estimate of drug-likeness (QED) is 0.680. The number of ether oxygens (including phenoxy) is 1. The average Bonchev–Trinajstić information content (AvgIpc) is 3.09. The third-order valence-electron chi connectivity index (χ3n) is 5.79. The van der Waals surface area contributed by atoms with E-state index in [4.69, 9.17) is 14.1 Å². The molecular formula is C23H28N2O3. The van der Waals surface area contributed by atoms with Crippen molar-refractivity contribution >= 4 is 10.8 Å². The first-order chi connectivity index (χ1) is 13.7. The van der Waals surface area contributed by atoms with Crippen LogP contribution in [0.5, 0.6) is 5.75 Å². The number of piperidine rings is 1. The van der Waals surface area contributed by atoms with E-state index in [1.165, 1.54) is 12.8 Å². The molecule has 0 bridgehead atoms. The van der Waals surface area contributed by atoms with Crippen molar-refractivity contribution in [1.29, 1.82) is 0 Å². The summed E-state index contributed by atoms with van der Waals surface area (Å²) >= 11 is 0. The van der Waals surface area contributed by atoms with Gasteiger partial charge in [-0.15, -0.1) is 0 Å². The molecule has 1 aliphatic rings. The van der Waals surface area contributed by atoms with Gasteiger partial charge in [0.05, 0.1) is 12.8 Å². The van der Waals surface area contributed by atoms with Crippen molar-refractivity contribution in [3.8, 4) is 17.2 Å². The lowest BCUT2D eigenvalue weighted by atomic mass is 9.99. The monoisotopic (exact) mass is 380 g/mol. The molecule has 0 aliphatic carbocycles. The van der Waals surface area contributed by atoms with Crippen LogP contribution in [0, 0.1) is 6.92 Å². The maximum absolute atomic E-state index is 9.38. The number of aliphatic hydroxyl groups excluding tert-OH is 1. The van der Waals surface area contributed by atoms with E-state index in [9.17, 15) is 5.11 Å². The van der Waals surface area contributed by atoms with Crippen LogP contribution in [0.1, 0.15) is 37.1 Å². The molecule has 1 aromatic heterocycles. The summed E-state index contributed by atoms with van der Waals surface area (Å²) in [7, 11) is 1.69. The summed E-state index contributed by atoms with van der Waals surface area (Å²) in [4.78, 5) is 7.31. The Morgan fingerprint density at radius 1 is 1.18 bits per heavy atom. The van der Waals surface area contributed by atoms with Crippen molar-refractivity contribution in [2.24, 2.45) is 0 Å². The molecule has 4 rings (SSSR count). The molecule has 5 nitrogen and oxygen atoms in total. The second kappa shape index (κ2) is 8.33. The molecule has 5 heteroatoms. The third kappa shape index (κ3) is 3.64. The third-order valence-corrected chi connectivity index (χ3v) is 5.79. The fraction of sp³-hybridized carbons (Fsp3) is 0.435. The van der Waals surface area contributed by atoms with Crippen molar-refractivity contribution in [1.82, 2.24) is 9.88 Å². The van der Waals surface area contributed by atoms with Crippen LogP contribution in [0.15, 0.2) is 40.8 Å². The van der Waals surface area contributed by atoms with E-state index in [0.29, 0.717) is 11.9 Å². The highest BCUT2D eigenvalue weighted by molar-refractivity contribution is 5.98. The molecule has 1 fully saturated rings. The van der Waals surface area contributed by atoms with E-state index in [1.807, 2.05) is 31.2 Å². The maximum atomic E-state index is 9.38. The standard InChI is InChI=1S/C23H28N2O3/c1-16-21(15-25-13-6-5-7-17(25)12-14-26)24-23(28-16)20-10-11-22(27-2)19-9-4-3-8-18(19)20/h3-4,8-11,17,26H,5-7,12-15H2,1-2H3/t17-/m0/s1. The van der Waals surface area contributed by atoms with Gasteiger partial charge in [-0.2, -0.15) is 0 Å². The number of aryl methyl sites for hydroxylation is 1. The molecular weight excluding hydrogens is 352 g/mol. The van der Waals surface area contributed by atoms with E-state index in [1.54, 1.807) is 7.11 Å². The van der Waals surface area contributed by atoms with Gasteiger partial charge in [0.25, 0.3) is 0 Å². The van der Waals surface area contributed by atoms with Gasteiger partial charge in [0.1, 0.15) is 11.5 Å². The van der Waals surface area contributed by atoms with Gasteiger partial charge in [-0.3, -0.25) is 4.90 Å². The van der Waals surface area contributed by atoms with Gasteiger partial charge in [0, 0.05) is 30.1 Å². The zero-order valence-corrected chi connectivity index (χ0v) is 16.6. The number of likely N-dealkylation sites (tertiary alicyclic amines) is 1. The van der Waals surface area contributed by atoms with Crippen molar-refractivity contribution in [3.05, 3.63) is 47.9 Å². The number of oxazole rings is 1. The molecule has 148 valence electrons. The summed E-state index contributed by atoms with van der Waals surface area (Å²) in [5.74, 6) is 2.37. The number of aromatic nitrogens is 1. The first-order valence-electron chi connectivity index (χ1n) is 10.1. The average molecular weight is 380 g/mol. The van der Waals surface area contributed by atoms with E-state index in [2.05, 4.69) is 17.0 Å². The Kier molecular flexibility index (Phi) is 5.64. The molecule has 1 aliphatic heterocycles. The van der Waals surface area contributed by atoms with Gasteiger partial charge in [-0.1, -0.05) is 30.7 Å². The first kappa shape index (κ1) is 19.0. The van der Waals surface area contributed by atoms with E-state index < -0.39 is 0 Å². The minimum atomic E-state index is 0.238. The van der Waals surface area contributed by atoms with Crippen LogP contribution < -0.4 is 4.74 Å². The van der Waals surface area contributed by atoms with Gasteiger partial charge >= 0.3 is 0 Å². The van der Waals surface area contributed by atoms with Crippen LogP contribution in [0.3, 0.4) is 0 Å². The normalized spacial score (nSPS) is 17.9. The molecule has 28 heavy (non-hydrogen) atoms. The Morgan fingerprint density at radius 3 is 2.79 bits per heavy atom. The molecule has 2 aromatic carbocycles. The highest BCUT2D eigenvalue weighted by Crippen LogP contribution is 2.35. The van der Waals surface area contributed by atoms with Crippen molar-refractivity contribution < 1.29 is 14.3 Å². The summed E-state index contributed by atoms with van der Waals surface area (Å²) in [6.45, 7) is 4.05. The van der Waals surface area contributed by atoms with Crippen LogP contribution >= 0.6 is 0 Å². The zero-order chi connectivity index (χ0) is 19.5. The van der Waals surface area contributed by atoms with Crippen LogP contribution in [-0.2, 0) is 6.54 Å². The molecule has 2 heterocycles. The molecule has 0 saturated carbocycles. The molecule has 1 atom stereocenters. The van der Waals surface area contributed by atoms with Crippen LogP contribution in [0.4, 0.5) is 0 Å². The zero-order valence-electron chi connectivity index (χ0n) is 16.6. The number of aliphatic hydroxyl groups is 1. The topological polar surface area (TPSA) is 58.7 Å². The highest BCUT2D eigenvalue weighted by Gasteiger charge is 2.24. The largest absolute Gasteiger partial charge is 0.496 e. The fourth-order valence-corrected chi connectivity index (χ4v) is 4.26. The molecule has 1 N–H and O–H groups in total. The van der Waals surface area contributed by atoms with Crippen LogP contribution in [-0.4, -0.2) is 41.3 Å². The minimum absolute atomic E-state index is 0.238. The molecule has 3 aromatic rings. The summed E-state index contributed by atoms with van der Waals surface area (Å²) in [6, 6.07) is 12.6. The van der Waals surface area contributed by atoms with Crippen molar-refractivity contribution in [2.45, 2.75) is 45.2 Å². The van der Waals surface area contributed by atoms with Gasteiger partial charge in [0.2, 0.25) is 5.89 Å². The molecule has 0 spiro atoms. The fourth-order valence-electron chi connectivity index (χ4n) is 4.26. The Bertz CT molecular complexity index is 948. The second-order valence-electron chi connectivity index (χ2n) is 7.52. The van der Waals surface area contributed by atoms with E-state index in [-0.39, 0.29) is 6.61 Å². The Hall–Kier alpha value is -2.37. The number of hydrogen-bond acceptors (Lipinski definition) is 5. The molecule has 0 unspecified atom stereocenters. The van der Waals surface area contributed by atoms with E-state index in [0.717, 1.165) is 59.5 Å². The first-order valence-corrected chi connectivity index (χ1v) is 10.1. The highest BCUT2D eigenvalue weighted by atomic mass is 16.5. The number of benzene rings is 2. The summed E-state index contributed by atoms with van der Waals surface area (Å²) in [6.07, 6.45) is 4.41. The van der Waals surface area contributed by atoms with Crippen LogP contribution in [0.2, 0.25) is 0 Å². The van der Waals surface area contributed by atoms with Gasteiger partial charge in [-0.25, -0.2) is 4.98 Å². The van der Waals surface area contributed by atoms with Gasteiger partial charge in [0.15, 0.2) is 0 Å². The van der Waals surface area contributed by atoms with Crippen molar-refractivity contribution in [2.75, 3.05) is 20.3 Å². The lowest BCUT2D eigenvalue weighted by Crippen LogP contribution is -2.39. The predicted octanol–water partition coefficient (Wildman–Crippen LogP) is 4.55. The van der Waals surface area contributed by atoms with Gasteiger partial charge < -0.3 is 14.3 Å². The molecule has 0 radical (unpaired) electrons. The number of fused-ring (bicyclic) bond motifs is 1. The summed E-state index contributed by atoms with van der Waals surface area (Å²) in [5.41, 5.74) is 1.97. The Labute approximate surface area is 165 Å². The van der Waals surface area contributed by atoms with Crippen molar-refractivity contribution in [3.63, 3.8) is 0 Å². The molecule has 0 amide bonds. The summed E-state index contributed by atoms with van der Waals surface area (Å²) in [5, 5.41) is 11.5. The molecule has 1 saturated heterocycles. The smallest absolute Gasteiger partial charge is 0.227 e. The lowest BCUT2D eigenvalue weighted by Gasteiger charge is -2.35. The SMILES string of the molecule is COc1ccc(-c2nc(CN3CCCC[C@H]3CCO)c(C)o2)c2ccccc12. The maximum Gasteiger partial charge on any atom is 0.227 e. The second-order valence-corrected chi connectivity index (χ2v) is 7.52. The number of nitrogens with zero attached hydrogens (tertiary/aromatic N) is 2. The minimum Gasteiger partial charge on any atom is -0.496 e. The van der Waals surface area contributed by atoms with Crippen LogP contribution in [0.25, 0.3) is 22.2 Å². The number of hydrogen-bond donors (Lipinski definition) is 1. The van der Waals surface area contributed by atoms with E-state index >= 15 is 0 Å².